The highest BCUT2D eigenvalue weighted by Gasteiger charge is 2.13. The molecule has 100 valence electrons. The first kappa shape index (κ1) is 14.9. The van der Waals surface area contributed by atoms with Crippen LogP contribution in [0.2, 0.25) is 10.0 Å². The molecule has 0 radical (unpaired) electrons. The summed E-state index contributed by atoms with van der Waals surface area (Å²) < 4.78 is 1.07. The molecule has 0 spiro atoms. The van der Waals surface area contributed by atoms with Crippen molar-refractivity contribution in [2.45, 2.75) is 19.4 Å². The molecule has 0 saturated carbocycles. The van der Waals surface area contributed by atoms with Crippen LogP contribution in [0.15, 0.2) is 40.9 Å². The monoisotopic (exact) mass is 357 g/mol. The zero-order valence-corrected chi connectivity index (χ0v) is 13.6. The Balaban J connectivity index is 2.28. The molecule has 19 heavy (non-hydrogen) atoms. The number of hydrogen-bond donors (Lipinski definition) is 1. The van der Waals surface area contributed by atoms with Gasteiger partial charge in [0.1, 0.15) is 0 Å². The maximum absolute atomic E-state index is 6.29. The Hall–Kier alpha value is -0.540. The fourth-order valence-corrected chi connectivity index (χ4v) is 2.84. The molecule has 2 rings (SSSR count). The number of benzene rings is 2. The second-order valence-electron chi connectivity index (χ2n) is 4.50. The SMILES string of the molecule is Cc1c(Br)cccc1C(N)Cc1cc(Cl)ccc1Cl. The van der Waals surface area contributed by atoms with Crippen LogP contribution < -0.4 is 5.73 Å². The number of rotatable bonds is 3. The maximum atomic E-state index is 6.29. The minimum Gasteiger partial charge on any atom is -0.324 e. The van der Waals surface area contributed by atoms with E-state index in [1.165, 1.54) is 0 Å². The molecule has 1 nitrogen and oxygen atoms in total. The predicted octanol–water partition coefficient (Wildman–Crippen LogP) is 5.31. The zero-order chi connectivity index (χ0) is 14.0. The summed E-state index contributed by atoms with van der Waals surface area (Å²) in [5.74, 6) is 0. The highest BCUT2D eigenvalue weighted by Crippen LogP contribution is 2.28. The fraction of sp³-hybridized carbons (Fsp3) is 0.200. The first-order chi connectivity index (χ1) is 8.99. The van der Waals surface area contributed by atoms with Gasteiger partial charge in [0.05, 0.1) is 0 Å². The quantitative estimate of drug-likeness (QED) is 0.790. The number of hydrogen-bond acceptors (Lipinski definition) is 1. The molecule has 0 saturated heterocycles. The van der Waals surface area contributed by atoms with Crippen LogP contribution in [0.1, 0.15) is 22.7 Å². The van der Waals surface area contributed by atoms with Gasteiger partial charge in [-0.3, -0.25) is 0 Å². The van der Waals surface area contributed by atoms with Gasteiger partial charge in [-0.2, -0.15) is 0 Å². The van der Waals surface area contributed by atoms with E-state index in [9.17, 15) is 0 Å². The Morgan fingerprint density at radius 3 is 2.68 bits per heavy atom. The van der Waals surface area contributed by atoms with Gasteiger partial charge in [0, 0.05) is 20.6 Å². The lowest BCUT2D eigenvalue weighted by Gasteiger charge is -2.16. The molecule has 0 fully saturated rings. The van der Waals surface area contributed by atoms with Crippen LogP contribution in [0.5, 0.6) is 0 Å². The van der Waals surface area contributed by atoms with Gasteiger partial charge in [-0.25, -0.2) is 0 Å². The van der Waals surface area contributed by atoms with E-state index in [0.717, 1.165) is 21.2 Å². The summed E-state index contributed by atoms with van der Waals surface area (Å²) in [7, 11) is 0. The molecule has 0 aliphatic carbocycles. The van der Waals surface area contributed by atoms with Gasteiger partial charge in [0.2, 0.25) is 0 Å². The molecule has 4 heteroatoms. The van der Waals surface area contributed by atoms with E-state index in [4.69, 9.17) is 28.9 Å². The largest absolute Gasteiger partial charge is 0.324 e. The molecular formula is C15H14BrCl2N. The van der Waals surface area contributed by atoms with E-state index in [1.807, 2.05) is 24.3 Å². The van der Waals surface area contributed by atoms with Crippen molar-refractivity contribution in [3.63, 3.8) is 0 Å². The van der Waals surface area contributed by atoms with Crippen LogP contribution in [0.3, 0.4) is 0 Å². The standard InChI is InChI=1S/C15H14BrCl2N/c1-9-12(3-2-4-13(9)16)15(19)8-10-7-11(17)5-6-14(10)18/h2-7,15H,8,19H2,1H3. The normalized spacial score (nSPS) is 12.5. The van der Waals surface area contributed by atoms with Gasteiger partial charge in [0.25, 0.3) is 0 Å². The summed E-state index contributed by atoms with van der Waals surface area (Å²) in [6.07, 6.45) is 0.663. The Morgan fingerprint density at radius 1 is 1.21 bits per heavy atom. The molecular weight excluding hydrogens is 345 g/mol. The third kappa shape index (κ3) is 3.51. The van der Waals surface area contributed by atoms with E-state index in [1.54, 1.807) is 12.1 Å². The Labute approximate surface area is 131 Å². The summed E-state index contributed by atoms with van der Waals surface area (Å²) in [5.41, 5.74) is 9.54. The van der Waals surface area contributed by atoms with Crippen LogP contribution in [-0.4, -0.2) is 0 Å². The van der Waals surface area contributed by atoms with Crippen molar-refractivity contribution in [2.75, 3.05) is 0 Å². The van der Waals surface area contributed by atoms with E-state index in [-0.39, 0.29) is 6.04 Å². The molecule has 0 bridgehead atoms. The van der Waals surface area contributed by atoms with Crippen molar-refractivity contribution in [3.8, 4) is 0 Å². The molecule has 2 N–H and O–H groups in total. The Kier molecular flexibility index (Phi) is 4.91. The van der Waals surface area contributed by atoms with Crippen LogP contribution >= 0.6 is 39.1 Å². The van der Waals surface area contributed by atoms with Crippen molar-refractivity contribution >= 4 is 39.1 Å². The van der Waals surface area contributed by atoms with Gasteiger partial charge in [0.15, 0.2) is 0 Å². The van der Waals surface area contributed by atoms with E-state index in [0.29, 0.717) is 16.5 Å². The lowest BCUT2D eigenvalue weighted by Crippen LogP contribution is -2.15. The van der Waals surface area contributed by atoms with Crippen LogP contribution in [0, 0.1) is 6.92 Å². The van der Waals surface area contributed by atoms with Gasteiger partial charge in [-0.1, -0.05) is 51.3 Å². The van der Waals surface area contributed by atoms with Crippen molar-refractivity contribution in [1.82, 2.24) is 0 Å². The van der Waals surface area contributed by atoms with Crippen LogP contribution in [0.25, 0.3) is 0 Å². The zero-order valence-electron chi connectivity index (χ0n) is 10.5. The molecule has 0 aliphatic rings. The average Bonchev–Trinajstić information content (AvgIpc) is 2.37. The van der Waals surface area contributed by atoms with Crippen molar-refractivity contribution in [3.05, 3.63) is 67.6 Å². The van der Waals surface area contributed by atoms with Crippen LogP contribution in [-0.2, 0) is 6.42 Å². The third-order valence-electron chi connectivity index (χ3n) is 3.16. The molecule has 1 unspecified atom stereocenters. The van der Waals surface area contributed by atoms with E-state index in [2.05, 4.69) is 22.9 Å². The summed E-state index contributed by atoms with van der Waals surface area (Å²) >= 11 is 15.7. The fourth-order valence-electron chi connectivity index (χ4n) is 2.07. The van der Waals surface area contributed by atoms with Crippen LogP contribution in [0.4, 0.5) is 0 Å². The Bertz CT molecular complexity index is 599. The summed E-state index contributed by atoms with van der Waals surface area (Å²) in [6.45, 7) is 2.05. The lowest BCUT2D eigenvalue weighted by atomic mass is 9.96. The molecule has 0 aliphatic heterocycles. The maximum Gasteiger partial charge on any atom is 0.0439 e. The summed E-state index contributed by atoms with van der Waals surface area (Å²) in [4.78, 5) is 0. The average molecular weight is 359 g/mol. The van der Waals surface area contributed by atoms with Gasteiger partial charge in [-0.05, 0) is 54.3 Å². The topological polar surface area (TPSA) is 26.0 Å². The second-order valence-corrected chi connectivity index (χ2v) is 6.20. The minimum atomic E-state index is -0.103. The molecule has 2 aromatic rings. The molecule has 0 aromatic heterocycles. The Morgan fingerprint density at radius 2 is 1.95 bits per heavy atom. The second kappa shape index (κ2) is 6.27. The first-order valence-electron chi connectivity index (χ1n) is 5.93. The van der Waals surface area contributed by atoms with E-state index >= 15 is 0 Å². The highest BCUT2D eigenvalue weighted by atomic mass is 79.9. The molecule has 2 aromatic carbocycles. The highest BCUT2D eigenvalue weighted by molar-refractivity contribution is 9.10. The van der Waals surface area contributed by atoms with Crippen molar-refractivity contribution in [2.24, 2.45) is 5.73 Å². The third-order valence-corrected chi connectivity index (χ3v) is 4.62. The van der Waals surface area contributed by atoms with Gasteiger partial charge >= 0.3 is 0 Å². The predicted molar refractivity (Wildman–Crippen MR) is 86.0 cm³/mol. The molecule has 0 amide bonds. The summed E-state index contributed by atoms with van der Waals surface area (Å²) in [6, 6.07) is 11.4. The van der Waals surface area contributed by atoms with Crippen molar-refractivity contribution in [1.29, 1.82) is 0 Å². The molecule has 1 atom stereocenters. The number of nitrogens with two attached hydrogens (primary N) is 1. The lowest BCUT2D eigenvalue weighted by molar-refractivity contribution is 0.716. The smallest absolute Gasteiger partial charge is 0.0439 e. The minimum absolute atomic E-state index is 0.103. The van der Waals surface area contributed by atoms with Gasteiger partial charge < -0.3 is 5.73 Å². The van der Waals surface area contributed by atoms with Gasteiger partial charge in [-0.15, -0.1) is 0 Å². The van der Waals surface area contributed by atoms with Crippen molar-refractivity contribution < 1.29 is 0 Å². The summed E-state index contributed by atoms with van der Waals surface area (Å²) in [5, 5.41) is 1.38. The first-order valence-corrected chi connectivity index (χ1v) is 7.48. The molecule has 0 heterocycles. The van der Waals surface area contributed by atoms with E-state index < -0.39 is 0 Å². The number of halogens is 3.